The quantitative estimate of drug-likeness (QED) is 0.325. The highest BCUT2D eigenvalue weighted by molar-refractivity contribution is 5.85. The molecule has 1 aromatic carbocycles. The molecule has 0 saturated carbocycles. The minimum absolute atomic E-state index is 0.192. The zero-order chi connectivity index (χ0) is 29.0. The first-order chi connectivity index (χ1) is 15.7. The SMILES string of the molecule is C[C@@H](NC(=O)C(F)(F)C(F)(F)C(F)(F)C(F)(F)C(F)(F)C(F)(F)C(F)(F)C(F)(F)F)c1ccccc1. The van der Waals surface area contributed by atoms with Crippen LogP contribution in [0.25, 0.3) is 0 Å². The van der Waals surface area contributed by atoms with Crippen molar-refractivity contribution in [2.24, 2.45) is 0 Å². The van der Waals surface area contributed by atoms with Gasteiger partial charge in [0.2, 0.25) is 0 Å². The lowest BCUT2D eigenvalue weighted by Gasteiger charge is -2.42. The molecule has 2 nitrogen and oxygen atoms in total. The molecule has 1 aromatic rings. The van der Waals surface area contributed by atoms with E-state index < -0.39 is 59.6 Å². The van der Waals surface area contributed by atoms with Gasteiger partial charge in [-0.2, -0.15) is 74.6 Å². The molecular formula is C17H10F17NO. The van der Waals surface area contributed by atoms with Crippen molar-refractivity contribution in [1.29, 1.82) is 0 Å². The summed E-state index contributed by atoms with van der Waals surface area (Å²) in [6.07, 6.45) is -7.83. The minimum Gasteiger partial charge on any atom is -0.344 e. The number of hydrogen-bond donors (Lipinski definition) is 1. The fraction of sp³-hybridized carbons (Fsp3) is 0.588. The first kappa shape index (κ1) is 31.5. The van der Waals surface area contributed by atoms with E-state index in [0.29, 0.717) is 0 Å². The van der Waals surface area contributed by atoms with E-state index in [2.05, 4.69) is 0 Å². The number of carbonyl (C=O) groups is 1. The molecule has 0 aromatic heterocycles. The molecule has 1 atom stereocenters. The molecule has 0 spiro atoms. The van der Waals surface area contributed by atoms with E-state index in [-0.39, 0.29) is 5.56 Å². The highest BCUT2D eigenvalue weighted by Gasteiger charge is 2.95. The summed E-state index contributed by atoms with van der Waals surface area (Å²) >= 11 is 0. The Morgan fingerprint density at radius 1 is 0.583 bits per heavy atom. The Kier molecular flexibility index (Phi) is 7.72. The third kappa shape index (κ3) is 4.31. The van der Waals surface area contributed by atoms with Gasteiger partial charge in [0.05, 0.1) is 6.04 Å². The van der Waals surface area contributed by atoms with Crippen molar-refractivity contribution in [2.45, 2.75) is 60.6 Å². The predicted octanol–water partition coefficient (Wildman–Crippen LogP) is 6.87. The van der Waals surface area contributed by atoms with Crippen molar-refractivity contribution in [1.82, 2.24) is 5.32 Å². The van der Waals surface area contributed by atoms with Gasteiger partial charge < -0.3 is 5.32 Å². The van der Waals surface area contributed by atoms with Crippen LogP contribution in [0.1, 0.15) is 18.5 Å². The Morgan fingerprint density at radius 2 is 0.917 bits per heavy atom. The van der Waals surface area contributed by atoms with Crippen molar-refractivity contribution < 1.29 is 79.4 Å². The second kappa shape index (κ2) is 8.81. The summed E-state index contributed by atoms with van der Waals surface area (Å²) in [6.45, 7) is 0.752. The third-order valence-electron chi connectivity index (χ3n) is 4.65. The molecule has 1 rings (SSSR count). The molecule has 0 saturated heterocycles. The minimum atomic E-state index is -8.74. The van der Waals surface area contributed by atoms with E-state index in [0.717, 1.165) is 24.4 Å². The number of benzene rings is 1. The molecule has 1 amide bonds. The average molecular weight is 567 g/mol. The molecular weight excluding hydrogens is 557 g/mol. The Labute approximate surface area is 188 Å². The van der Waals surface area contributed by atoms with Crippen LogP contribution in [0, 0.1) is 0 Å². The number of alkyl halides is 17. The van der Waals surface area contributed by atoms with Crippen LogP contribution >= 0.6 is 0 Å². The van der Waals surface area contributed by atoms with E-state index in [1.165, 1.54) is 18.2 Å². The molecule has 0 unspecified atom stereocenters. The smallest absolute Gasteiger partial charge is 0.344 e. The van der Waals surface area contributed by atoms with Crippen LogP contribution in [0.3, 0.4) is 0 Å². The van der Waals surface area contributed by atoms with Crippen LogP contribution < -0.4 is 5.32 Å². The summed E-state index contributed by atoms with van der Waals surface area (Å²) in [5.74, 6) is -61.6. The van der Waals surface area contributed by atoms with Gasteiger partial charge in [-0.15, -0.1) is 0 Å². The lowest BCUT2D eigenvalue weighted by Crippen LogP contribution is -2.75. The second-order valence-corrected chi connectivity index (χ2v) is 7.12. The Balaban J connectivity index is 3.52. The zero-order valence-corrected chi connectivity index (χ0v) is 16.8. The monoisotopic (exact) mass is 567 g/mol. The van der Waals surface area contributed by atoms with Gasteiger partial charge in [-0.3, -0.25) is 4.79 Å². The van der Waals surface area contributed by atoms with E-state index >= 15 is 0 Å². The van der Waals surface area contributed by atoms with Crippen molar-refractivity contribution in [2.75, 3.05) is 0 Å². The van der Waals surface area contributed by atoms with Gasteiger partial charge in [0.25, 0.3) is 5.91 Å². The van der Waals surface area contributed by atoms with Gasteiger partial charge in [0.1, 0.15) is 0 Å². The molecule has 19 heteroatoms. The van der Waals surface area contributed by atoms with Crippen molar-refractivity contribution in [3.05, 3.63) is 35.9 Å². The van der Waals surface area contributed by atoms with Crippen LogP contribution in [0.2, 0.25) is 0 Å². The zero-order valence-electron chi connectivity index (χ0n) is 16.8. The number of nitrogens with one attached hydrogen (secondary N) is 1. The van der Waals surface area contributed by atoms with Crippen molar-refractivity contribution >= 4 is 5.91 Å². The number of amides is 1. The predicted molar refractivity (Wildman–Crippen MR) is 83.7 cm³/mol. The Hall–Kier alpha value is -2.50. The van der Waals surface area contributed by atoms with Crippen LogP contribution in [-0.2, 0) is 4.79 Å². The summed E-state index contributed by atoms with van der Waals surface area (Å²) in [4.78, 5) is 11.5. The lowest BCUT2D eigenvalue weighted by atomic mass is 9.88. The summed E-state index contributed by atoms with van der Waals surface area (Å²) < 4.78 is 225. The number of hydrogen-bond acceptors (Lipinski definition) is 1. The van der Waals surface area contributed by atoms with Crippen LogP contribution in [0.4, 0.5) is 74.6 Å². The first-order valence-electron chi connectivity index (χ1n) is 8.73. The maximum absolute atomic E-state index is 13.9. The van der Waals surface area contributed by atoms with Gasteiger partial charge in [0.15, 0.2) is 0 Å². The van der Waals surface area contributed by atoms with Gasteiger partial charge in [0, 0.05) is 0 Å². The second-order valence-electron chi connectivity index (χ2n) is 7.12. The van der Waals surface area contributed by atoms with E-state index in [1.54, 1.807) is 0 Å². The third-order valence-corrected chi connectivity index (χ3v) is 4.65. The number of carbonyl (C=O) groups excluding carboxylic acids is 1. The molecule has 0 fully saturated rings. The number of rotatable bonds is 9. The standard InChI is InChI=1S/C17H10F17NO/c1-7(8-5-3-2-4-6-8)35-9(36)10(18,19)11(20,21)12(22,23)13(24,25)14(26,27)15(28,29)16(30,31)17(32,33)34/h2-7H,1H3,(H,35,36)/t7-/m1/s1. The topological polar surface area (TPSA) is 29.1 Å². The first-order valence-corrected chi connectivity index (χ1v) is 8.73. The van der Waals surface area contributed by atoms with Gasteiger partial charge in [-0.05, 0) is 12.5 Å². The van der Waals surface area contributed by atoms with E-state index in [9.17, 15) is 79.4 Å². The summed E-state index contributed by atoms with van der Waals surface area (Å²) in [6, 6.07) is 3.96. The maximum atomic E-state index is 13.9. The van der Waals surface area contributed by atoms with E-state index in [1.807, 2.05) is 0 Å². The fourth-order valence-electron chi connectivity index (χ4n) is 2.42. The largest absolute Gasteiger partial charge is 0.460 e. The molecule has 0 aliphatic carbocycles. The Morgan fingerprint density at radius 3 is 1.28 bits per heavy atom. The molecule has 208 valence electrons. The van der Waals surface area contributed by atoms with Gasteiger partial charge in [-0.1, -0.05) is 30.3 Å². The molecule has 0 aliphatic heterocycles. The lowest BCUT2D eigenvalue weighted by molar-refractivity contribution is -0.459. The molecule has 0 bridgehead atoms. The average Bonchev–Trinajstić information content (AvgIpc) is 2.72. The van der Waals surface area contributed by atoms with Crippen molar-refractivity contribution in [3.8, 4) is 0 Å². The summed E-state index contributed by atoms with van der Waals surface area (Å²) in [7, 11) is 0. The fourth-order valence-corrected chi connectivity index (χ4v) is 2.42. The van der Waals surface area contributed by atoms with Gasteiger partial charge in [-0.25, -0.2) is 0 Å². The summed E-state index contributed by atoms with van der Waals surface area (Å²) in [5.41, 5.74) is -0.192. The molecule has 36 heavy (non-hydrogen) atoms. The molecule has 0 heterocycles. The maximum Gasteiger partial charge on any atom is 0.460 e. The highest BCUT2D eigenvalue weighted by Crippen LogP contribution is 2.63. The molecule has 1 N–H and O–H groups in total. The highest BCUT2D eigenvalue weighted by atomic mass is 19.4. The van der Waals surface area contributed by atoms with Crippen LogP contribution in [0.5, 0.6) is 0 Å². The molecule has 0 aliphatic rings. The van der Waals surface area contributed by atoms with E-state index in [4.69, 9.17) is 0 Å². The normalized spacial score (nSPS) is 16.1. The summed E-state index contributed by atoms with van der Waals surface area (Å²) in [5, 5.41) is 0.928. The van der Waals surface area contributed by atoms with Crippen LogP contribution in [-0.4, -0.2) is 53.5 Å². The number of halogens is 17. The Bertz CT molecular complexity index is 938. The molecule has 0 radical (unpaired) electrons. The van der Waals surface area contributed by atoms with Crippen molar-refractivity contribution in [3.63, 3.8) is 0 Å². The van der Waals surface area contributed by atoms with Crippen LogP contribution in [0.15, 0.2) is 30.3 Å². The van der Waals surface area contributed by atoms with Gasteiger partial charge >= 0.3 is 47.6 Å².